The van der Waals surface area contributed by atoms with Gasteiger partial charge in [0.05, 0.1) is 0 Å². The fourth-order valence-corrected chi connectivity index (χ4v) is 2.14. The van der Waals surface area contributed by atoms with Crippen molar-refractivity contribution in [1.82, 2.24) is 21.3 Å². The Hall–Kier alpha value is -2.03. The summed E-state index contributed by atoms with van der Waals surface area (Å²) in [5.41, 5.74) is 10.8. The predicted molar refractivity (Wildman–Crippen MR) is 100 cm³/mol. The van der Waals surface area contributed by atoms with E-state index >= 15 is 0 Å². The average Bonchev–Trinajstić information content (AvgIpc) is 2.37. The quantitative estimate of drug-likeness (QED) is 0.164. The maximum Gasteiger partial charge on any atom is 0.195 e. The summed E-state index contributed by atoms with van der Waals surface area (Å²) >= 11 is 0. The summed E-state index contributed by atoms with van der Waals surface area (Å²) in [6.07, 6.45) is 3.35. The molecular formula is C15H35N9. The van der Waals surface area contributed by atoms with Crippen molar-refractivity contribution < 1.29 is 0 Å². The smallest absolute Gasteiger partial charge is 0.195 e. The molecule has 0 aliphatic rings. The summed E-state index contributed by atoms with van der Waals surface area (Å²) in [5.74, 6) is 0.143. The second-order valence-electron chi connectivity index (χ2n) is 7.35. The van der Waals surface area contributed by atoms with Crippen LogP contribution < -0.4 is 32.7 Å². The molecule has 9 heteroatoms. The number of rotatable bonds is 9. The first kappa shape index (κ1) is 22.0. The van der Waals surface area contributed by atoms with Crippen LogP contribution in [0.2, 0.25) is 0 Å². The van der Waals surface area contributed by atoms with Gasteiger partial charge in [-0.05, 0) is 53.4 Å². The Morgan fingerprint density at radius 3 is 1.75 bits per heavy atom. The number of nitrogens with two attached hydrogens (primary N) is 2. The van der Waals surface area contributed by atoms with Crippen LogP contribution in [0.25, 0.3) is 0 Å². The Morgan fingerprint density at radius 2 is 1.33 bits per heavy atom. The van der Waals surface area contributed by atoms with E-state index in [1.165, 1.54) is 0 Å². The molecule has 0 aromatic rings. The van der Waals surface area contributed by atoms with E-state index in [0.717, 1.165) is 25.7 Å². The monoisotopic (exact) mass is 341 g/mol. The van der Waals surface area contributed by atoms with Crippen molar-refractivity contribution in [3.05, 3.63) is 0 Å². The van der Waals surface area contributed by atoms with Crippen LogP contribution in [-0.2, 0) is 0 Å². The molecule has 0 rings (SSSR count). The van der Waals surface area contributed by atoms with Gasteiger partial charge < -0.3 is 27.4 Å². The fourth-order valence-electron chi connectivity index (χ4n) is 2.14. The van der Waals surface area contributed by atoms with Crippen LogP contribution in [-0.4, -0.2) is 42.0 Å². The van der Waals surface area contributed by atoms with Crippen molar-refractivity contribution in [2.75, 3.05) is 13.1 Å². The van der Waals surface area contributed by atoms with Crippen molar-refractivity contribution in [3.8, 4) is 0 Å². The van der Waals surface area contributed by atoms with E-state index in [2.05, 4.69) is 21.3 Å². The lowest BCUT2D eigenvalue weighted by atomic mass is 9.99. The summed E-state index contributed by atoms with van der Waals surface area (Å²) in [5, 5.41) is 34.1. The molecule has 0 atom stereocenters. The molecule has 0 heterocycles. The molecule has 0 aromatic heterocycles. The summed E-state index contributed by atoms with van der Waals surface area (Å²) in [7, 11) is 0. The Morgan fingerprint density at radius 1 is 0.875 bits per heavy atom. The van der Waals surface area contributed by atoms with Gasteiger partial charge in [0.25, 0.3) is 0 Å². The predicted octanol–water partition coefficient (Wildman–Crippen LogP) is 0.184. The SMILES string of the molecule is CC(C)(N)CCCNC(=N)NC(=N)NCCCC(C)(C)NC(=N)N. The molecule has 9 nitrogen and oxygen atoms in total. The highest BCUT2D eigenvalue weighted by Gasteiger charge is 2.17. The molecule has 140 valence electrons. The van der Waals surface area contributed by atoms with Crippen LogP contribution in [0.15, 0.2) is 0 Å². The van der Waals surface area contributed by atoms with E-state index in [1.807, 2.05) is 27.7 Å². The van der Waals surface area contributed by atoms with E-state index in [-0.39, 0.29) is 29.0 Å². The molecule has 0 saturated carbocycles. The van der Waals surface area contributed by atoms with E-state index in [1.54, 1.807) is 0 Å². The number of hydrogen-bond donors (Lipinski definition) is 9. The standard InChI is InChI=1S/C15H35N9/c1-14(2,20)7-5-9-21-12(18)23-13(19)22-10-6-8-15(3,4)24-11(16)17/h5-10,20H2,1-4H3,(H4,16,17,24)(H5,18,19,21,22,23). The Bertz CT molecular complexity index is 423. The Labute approximate surface area is 145 Å². The van der Waals surface area contributed by atoms with Crippen LogP contribution in [0, 0.1) is 16.2 Å². The first-order chi connectivity index (χ1) is 10.9. The van der Waals surface area contributed by atoms with E-state index in [9.17, 15) is 0 Å². The molecule has 0 saturated heterocycles. The van der Waals surface area contributed by atoms with E-state index in [0.29, 0.717) is 13.1 Å². The maximum absolute atomic E-state index is 7.75. The minimum Gasteiger partial charge on any atom is -0.370 e. The zero-order valence-electron chi connectivity index (χ0n) is 15.4. The summed E-state index contributed by atoms with van der Waals surface area (Å²) in [6, 6.07) is 0. The highest BCUT2D eigenvalue weighted by Crippen LogP contribution is 2.09. The third kappa shape index (κ3) is 13.6. The third-order valence-corrected chi connectivity index (χ3v) is 3.30. The van der Waals surface area contributed by atoms with Crippen LogP contribution >= 0.6 is 0 Å². The molecule has 11 N–H and O–H groups in total. The van der Waals surface area contributed by atoms with Gasteiger partial charge in [-0.2, -0.15) is 0 Å². The Kier molecular flexibility index (Phi) is 9.12. The number of guanidine groups is 3. The van der Waals surface area contributed by atoms with Crippen molar-refractivity contribution in [2.45, 2.75) is 64.5 Å². The molecule has 0 aliphatic heterocycles. The van der Waals surface area contributed by atoms with Gasteiger partial charge in [-0.25, -0.2) is 0 Å². The molecular weight excluding hydrogens is 306 g/mol. The van der Waals surface area contributed by atoms with E-state index in [4.69, 9.17) is 27.7 Å². The van der Waals surface area contributed by atoms with Gasteiger partial charge in [-0.3, -0.25) is 21.5 Å². The van der Waals surface area contributed by atoms with Gasteiger partial charge in [-0.15, -0.1) is 0 Å². The molecule has 0 fully saturated rings. The topological polar surface area (TPSA) is 172 Å². The van der Waals surface area contributed by atoms with Crippen LogP contribution in [0.5, 0.6) is 0 Å². The van der Waals surface area contributed by atoms with Crippen LogP contribution in [0.3, 0.4) is 0 Å². The second-order valence-corrected chi connectivity index (χ2v) is 7.35. The first-order valence-corrected chi connectivity index (χ1v) is 8.24. The molecule has 0 spiro atoms. The largest absolute Gasteiger partial charge is 0.370 e. The van der Waals surface area contributed by atoms with E-state index < -0.39 is 0 Å². The third-order valence-electron chi connectivity index (χ3n) is 3.30. The normalized spacial score (nSPS) is 11.5. The van der Waals surface area contributed by atoms with Crippen molar-refractivity contribution in [2.24, 2.45) is 11.5 Å². The molecule has 0 bridgehead atoms. The second kappa shape index (κ2) is 9.96. The van der Waals surface area contributed by atoms with Crippen LogP contribution in [0.1, 0.15) is 53.4 Å². The van der Waals surface area contributed by atoms with Crippen molar-refractivity contribution >= 4 is 17.9 Å². The first-order valence-electron chi connectivity index (χ1n) is 8.24. The molecule has 0 aromatic carbocycles. The number of nitrogens with one attached hydrogen (secondary N) is 7. The van der Waals surface area contributed by atoms with Crippen LogP contribution in [0.4, 0.5) is 0 Å². The molecule has 0 unspecified atom stereocenters. The van der Waals surface area contributed by atoms with Crippen molar-refractivity contribution in [3.63, 3.8) is 0 Å². The van der Waals surface area contributed by atoms with Gasteiger partial charge in [-0.1, -0.05) is 0 Å². The van der Waals surface area contributed by atoms with Gasteiger partial charge in [0.1, 0.15) is 0 Å². The lowest BCUT2D eigenvalue weighted by Crippen LogP contribution is -2.48. The highest BCUT2D eigenvalue weighted by atomic mass is 15.2. The molecule has 24 heavy (non-hydrogen) atoms. The summed E-state index contributed by atoms with van der Waals surface area (Å²) in [6.45, 7) is 9.14. The zero-order valence-corrected chi connectivity index (χ0v) is 15.4. The molecule has 0 radical (unpaired) electrons. The average molecular weight is 342 g/mol. The maximum atomic E-state index is 7.75. The minimum absolute atomic E-state index is 0.0417. The molecule has 0 amide bonds. The van der Waals surface area contributed by atoms with Gasteiger partial charge >= 0.3 is 0 Å². The van der Waals surface area contributed by atoms with Gasteiger partial charge in [0.2, 0.25) is 0 Å². The summed E-state index contributed by atoms with van der Waals surface area (Å²) in [4.78, 5) is 0. The fraction of sp³-hybridized carbons (Fsp3) is 0.800. The molecule has 0 aliphatic carbocycles. The highest BCUT2D eigenvalue weighted by molar-refractivity contribution is 5.95. The lowest BCUT2D eigenvalue weighted by molar-refractivity contribution is 0.409. The summed E-state index contributed by atoms with van der Waals surface area (Å²) < 4.78 is 0. The number of hydrogen-bond acceptors (Lipinski definition) is 4. The minimum atomic E-state index is -0.256. The van der Waals surface area contributed by atoms with Gasteiger partial charge in [0, 0.05) is 24.2 Å². The van der Waals surface area contributed by atoms with Gasteiger partial charge in [0.15, 0.2) is 17.9 Å². The lowest BCUT2D eigenvalue weighted by Gasteiger charge is -2.26. The zero-order chi connectivity index (χ0) is 18.8. The Balaban J connectivity index is 3.78. The van der Waals surface area contributed by atoms with Crippen molar-refractivity contribution in [1.29, 1.82) is 16.2 Å².